The van der Waals surface area contributed by atoms with E-state index in [4.69, 9.17) is 5.41 Å². The molecule has 1 saturated carbocycles. The average Bonchev–Trinajstić information content (AvgIpc) is 2.44. The van der Waals surface area contributed by atoms with Crippen LogP contribution in [0.4, 0.5) is 4.79 Å². The first kappa shape index (κ1) is 11.4. The van der Waals surface area contributed by atoms with Crippen molar-refractivity contribution in [3.8, 4) is 0 Å². The van der Waals surface area contributed by atoms with Gasteiger partial charge in [-0.3, -0.25) is 10.7 Å². The lowest BCUT2D eigenvalue weighted by Crippen LogP contribution is -2.57. The molecule has 16 heavy (non-hydrogen) atoms. The standard InChI is InChI=1S/C12H21N3O/c1-8(2)15-11(16)14-10(13)12(15)7-5-4-6-9(12)3/h8-9H,4-7H2,1-3H3,(H2,13,14,16). The summed E-state index contributed by atoms with van der Waals surface area (Å²) in [6.07, 6.45) is 4.38. The van der Waals surface area contributed by atoms with E-state index >= 15 is 0 Å². The molecule has 1 spiro atoms. The molecule has 4 heteroatoms. The molecule has 1 saturated heterocycles. The first-order valence-electron chi connectivity index (χ1n) is 6.19. The van der Waals surface area contributed by atoms with Crippen molar-refractivity contribution in [1.29, 1.82) is 5.41 Å². The van der Waals surface area contributed by atoms with Crippen LogP contribution in [0.5, 0.6) is 0 Å². The van der Waals surface area contributed by atoms with Crippen molar-refractivity contribution in [3.05, 3.63) is 0 Å². The molecule has 2 amide bonds. The van der Waals surface area contributed by atoms with E-state index in [0.29, 0.717) is 11.8 Å². The highest BCUT2D eigenvalue weighted by Gasteiger charge is 2.54. The predicted molar refractivity (Wildman–Crippen MR) is 63.6 cm³/mol. The van der Waals surface area contributed by atoms with Gasteiger partial charge in [0.15, 0.2) is 0 Å². The molecule has 90 valence electrons. The van der Waals surface area contributed by atoms with Crippen LogP contribution in [0.15, 0.2) is 0 Å². The smallest absolute Gasteiger partial charge is 0.309 e. The van der Waals surface area contributed by atoms with Crippen LogP contribution in [0.25, 0.3) is 0 Å². The Labute approximate surface area is 96.9 Å². The minimum absolute atomic E-state index is 0.0891. The summed E-state index contributed by atoms with van der Waals surface area (Å²) in [6.45, 7) is 6.23. The van der Waals surface area contributed by atoms with Crippen molar-refractivity contribution in [1.82, 2.24) is 10.2 Å². The molecule has 2 aliphatic rings. The third kappa shape index (κ3) is 1.35. The van der Waals surface area contributed by atoms with Crippen LogP contribution in [-0.2, 0) is 0 Å². The van der Waals surface area contributed by atoms with Crippen molar-refractivity contribution >= 4 is 11.9 Å². The number of hydrogen-bond acceptors (Lipinski definition) is 2. The van der Waals surface area contributed by atoms with E-state index < -0.39 is 0 Å². The zero-order valence-corrected chi connectivity index (χ0v) is 10.3. The highest BCUT2D eigenvalue weighted by atomic mass is 16.2. The predicted octanol–water partition coefficient (Wildman–Crippen LogP) is 2.35. The number of urea groups is 1. The Morgan fingerprint density at radius 1 is 1.50 bits per heavy atom. The molecule has 4 nitrogen and oxygen atoms in total. The van der Waals surface area contributed by atoms with Gasteiger partial charge in [0, 0.05) is 6.04 Å². The van der Waals surface area contributed by atoms with Crippen molar-refractivity contribution in [3.63, 3.8) is 0 Å². The summed E-state index contributed by atoms with van der Waals surface area (Å²) in [5, 5.41) is 10.8. The summed E-state index contributed by atoms with van der Waals surface area (Å²) in [5.74, 6) is 0.800. The van der Waals surface area contributed by atoms with Crippen molar-refractivity contribution in [2.75, 3.05) is 0 Å². The number of nitrogens with zero attached hydrogens (tertiary/aromatic N) is 1. The van der Waals surface area contributed by atoms with E-state index in [1.807, 2.05) is 18.7 Å². The first-order valence-corrected chi connectivity index (χ1v) is 6.19. The van der Waals surface area contributed by atoms with Gasteiger partial charge in [-0.25, -0.2) is 4.79 Å². The van der Waals surface area contributed by atoms with Gasteiger partial charge in [-0.1, -0.05) is 19.8 Å². The van der Waals surface area contributed by atoms with Crippen LogP contribution < -0.4 is 5.32 Å². The van der Waals surface area contributed by atoms with Gasteiger partial charge in [0.25, 0.3) is 0 Å². The third-order valence-corrected chi connectivity index (χ3v) is 4.09. The molecule has 2 N–H and O–H groups in total. The number of rotatable bonds is 1. The quantitative estimate of drug-likeness (QED) is 0.704. The Bertz CT molecular complexity index is 326. The second-order valence-corrected chi connectivity index (χ2v) is 5.34. The van der Waals surface area contributed by atoms with Gasteiger partial charge in [0.2, 0.25) is 0 Å². The topological polar surface area (TPSA) is 56.2 Å². The molecule has 2 rings (SSSR count). The largest absolute Gasteiger partial charge is 0.323 e. The van der Waals surface area contributed by atoms with Gasteiger partial charge in [0.05, 0.1) is 0 Å². The molecule has 1 aliphatic heterocycles. The first-order chi connectivity index (χ1) is 7.50. The molecule has 0 bridgehead atoms. The maximum Gasteiger partial charge on any atom is 0.323 e. The fourth-order valence-electron chi connectivity index (χ4n) is 3.33. The fourth-order valence-corrected chi connectivity index (χ4v) is 3.33. The average molecular weight is 223 g/mol. The Kier molecular flexibility index (Phi) is 2.68. The molecule has 1 heterocycles. The zero-order valence-electron chi connectivity index (χ0n) is 10.3. The summed E-state index contributed by atoms with van der Waals surface area (Å²) in [5.41, 5.74) is -0.344. The van der Waals surface area contributed by atoms with Crippen LogP contribution in [-0.4, -0.2) is 28.3 Å². The maximum absolute atomic E-state index is 11.9. The summed E-state index contributed by atoms with van der Waals surface area (Å²) < 4.78 is 0. The maximum atomic E-state index is 11.9. The normalized spacial score (nSPS) is 35.0. The van der Waals surface area contributed by atoms with E-state index in [2.05, 4.69) is 12.2 Å². The molecular formula is C12H21N3O. The van der Waals surface area contributed by atoms with Gasteiger partial charge in [-0.2, -0.15) is 0 Å². The second-order valence-electron chi connectivity index (χ2n) is 5.34. The lowest BCUT2D eigenvalue weighted by Gasteiger charge is -2.46. The molecule has 1 aliphatic carbocycles. The molecule has 0 aromatic carbocycles. The Morgan fingerprint density at radius 3 is 2.75 bits per heavy atom. The number of hydrogen-bond donors (Lipinski definition) is 2. The molecule has 0 radical (unpaired) electrons. The van der Waals surface area contributed by atoms with Crippen LogP contribution >= 0.6 is 0 Å². The van der Waals surface area contributed by atoms with Gasteiger partial charge in [-0.05, 0) is 32.6 Å². The minimum Gasteiger partial charge on any atom is -0.309 e. The van der Waals surface area contributed by atoms with E-state index in [9.17, 15) is 4.79 Å². The second kappa shape index (κ2) is 3.75. The van der Waals surface area contributed by atoms with Crippen LogP contribution in [0, 0.1) is 11.3 Å². The van der Waals surface area contributed by atoms with Crippen LogP contribution in [0.2, 0.25) is 0 Å². The van der Waals surface area contributed by atoms with Crippen molar-refractivity contribution < 1.29 is 4.79 Å². The number of carbonyl (C=O) groups excluding carboxylic acids is 1. The van der Waals surface area contributed by atoms with Gasteiger partial charge in [-0.15, -0.1) is 0 Å². The lowest BCUT2D eigenvalue weighted by molar-refractivity contribution is 0.0838. The monoisotopic (exact) mass is 223 g/mol. The van der Waals surface area contributed by atoms with Gasteiger partial charge in [0.1, 0.15) is 11.4 Å². The van der Waals surface area contributed by atoms with E-state index in [-0.39, 0.29) is 17.6 Å². The molecular weight excluding hydrogens is 202 g/mol. The van der Waals surface area contributed by atoms with Crippen LogP contribution in [0.3, 0.4) is 0 Å². The van der Waals surface area contributed by atoms with E-state index in [1.165, 1.54) is 6.42 Å². The fraction of sp³-hybridized carbons (Fsp3) is 0.833. The minimum atomic E-state index is -0.344. The van der Waals surface area contributed by atoms with Crippen molar-refractivity contribution in [2.24, 2.45) is 5.92 Å². The third-order valence-electron chi connectivity index (χ3n) is 4.09. The Hall–Kier alpha value is -1.06. The Balaban J connectivity index is 2.41. The SMILES string of the molecule is CC(C)N1C(=O)NC(=N)C12CCCCC2C. The molecule has 0 aromatic rings. The molecule has 2 fully saturated rings. The highest BCUT2D eigenvalue weighted by Crippen LogP contribution is 2.42. The summed E-state index contributed by atoms with van der Waals surface area (Å²) in [7, 11) is 0. The summed E-state index contributed by atoms with van der Waals surface area (Å²) in [6, 6.07) is 0.0668. The zero-order chi connectivity index (χ0) is 11.9. The number of nitrogens with one attached hydrogen (secondary N) is 2. The highest BCUT2D eigenvalue weighted by molar-refractivity contribution is 6.08. The number of carbonyl (C=O) groups is 1. The number of amides is 2. The van der Waals surface area contributed by atoms with Gasteiger partial charge >= 0.3 is 6.03 Å². The molecule has 2 unspecified atom stereocenters. The van der Waals surface area contributed by atoms with E-state index in [0.717, 1.165) is 19.3 Å². The van der Waals surface area contributed by atoms with E-state index in [1.54, 1.807) is 0 Å². The summed E-state index contributed by atoms with van der Waals surface area (Å²) >= 11 is 0. The lowest BCUT2D eigenvalue weighted by atomic mass is 9.72. The molecule has 0 aromatic heterocycles. The number of amidine groups is 1. The Morgan fingerprint density at radius 2 is 2.19 bits per heavy atom. The summed E-state index contributed by atoms with van der Waals surface area (Å²) in [4.78, 5) is 13.8. The van der Waals surface area contributed by atoms with Gasteiger partial charge < -0.3 is 4.90 Å². The van der Waals surface area contributed by atoms with Crippen LogP contribution in [0.1, 0.15) is 46.5 Å². The van der Waals surface area contributed by atoms with Crippen molar-refractivity contribution in [2.45, 2.75) is 58.0 Å². The molecule has 2 atom stereocenters.